The third-order valence-electron chi connectivity index (χ3n) is 3.71. The Labute approximate surface area is 107 Å². The van der Waals surface area contributed by atoms with Crippen molar-refractivity contribution in [3.63, 3.8) is 0 Å². The summed E-state index contributed by atoms with van der Waals surface area (Å²) in [7, 11) is 0. The van der Waals surface area contributed by atoms with Crippen LogP contribution in [0.15, 0.2) is 0 Å². The highest BCUT2D eigenvalue weighted by Gasteiger charge is 2.49. The van der Waals surface area contributed by atoms with Gasteiger partial charge in [0.05, 0.1) is 12.0 Å². The Bertz CT molecular complexity index is 349. The van der Waals surface area contributed by atoms with Crippen molar-refractivity contribution >= 4 is 12.4 Å². The van der Waals surface area contributed by atoms with Crippen LogP contribution in [0.5, 0.6) is 0 Å². The predicted molar refractivity (Wildman–Crippen MR) is 65.1 cm³/mol. The molecule has 1 amide bonds. The van der Waals surface area contributed by atoms with E-state index in [0.29, 0.717) is 6.42 Å². The van der Waals surface area contributed by atoms with E-state index >= 15 is 0 Å². The van der Waals surface area contributed by atoms with Crippen LogP contribution < -0.4 is 0 Å². The van der Waals surface area contributed by atoms with Crippen molar-refractivity contribution in [2.24, 2.45) is 5.92 Å². The van der Waals surface area contributed by atoms with Gasteiger partial charge >= 0.3 is 6.09 Å². The van der Waals surface area contributed by atoms with Crippen molar-refractivity contribution in [2.75, 3.05) is 0 Å². The van der Waals surface area contributed by atoms with Crippen molar-refractivity contribution < 1.29 is 19.4 Å². The lowest BCUT2D eigenvalue weighted by molar-refractivity contribution is -0.120. The predicted octanol–water partition coefficient (Wildman–Crippen LogP) is 1.33. The van der Waals surface area contributed by atoms with Crippen molar-refractivity contribution in [2.45, 2.75) is 63.8 Å². The van der Waals surface area contributed by atoms with E-state index < -0.39 is 17.6 Å². The number of aldehydes is 1. The Morgan fingerprint density at radius 1 is 1.39 bits per heavy atom. The number of amides is 1. The van der Waals surface area contributed by atoms with E-state index in [-0.39, 0.29) is 18.2 Å². The highest BCUT2D eigenvalue weighted by molar-refractivity contribution is 5.71. The summed E-state index contributed by atoms with van der Waals surface area (Å²) < 4.78 is 5.38. The molecule has 2 fully saturated rings. The molecule has 2 bridgehead atoms. The maximum absolute atomic E-state index is 12.1. The monoisotopic (exact) mass is 255 g/mol. The molecule has 0 aromatic rings. The maximum atomic E-state index is 12.1. The fourth-order valence-electron chi connectivity index (χ4n) is 2.99. The molecule has 0 radical (unpaired) electrons. The van der Waals surface area contributed by atoms with E-state index in [1.807, 2.05) is 20.8 Å². The van der Waals surface area contributed by atoms with Crippen molar-refractivity contribution in [3.8, 4) is 0 Å². The molecule has 0 aromatic heterocycles. The van der Waals surface area contributed by atoms with Crippen LogP contribution >= 0.6 is 0 Å². The second kappa shape index (κ2) is 4.53. The lowest BCUT2D eigenvalue weighted by Crippen LogP contribution is -2.54. The van der Waals surface area contributed by atoms with Gasteiger partial charge in [0, 0.05) is 12.1 Å². The molecule has 2 heterocycles. The third kappa shape index (κ3) is 2.36. The van der Waals surface area contributed by atoms with Gasteiger partial charge in [0.1, 0.15) is 11.9 Å². The number of nitrogens with zero attached hydrogens (tertiary/aromatic N) is 1. The van der Waals surface area contributed by atoms with Gasteiger partial charge in [0.25, 0.3) is 0 Å². The summed E-state index contributed by atoms with van der Waals surface area (Å²) >= 11 is 0. The number of piperidine rings is 1. The van der Waals surface area contributed by atoms with Gasteiger partial charge in [-0.15, -0.1) is 0 Å². The number of hydrogen-bond donors (Lipinski definition) is 1. The van der Waals surface area contributed by atoms with Gasteiger partial charge in [-0.1, -0.05) is 0 Å². The molecular formula is C13H21NO4. The molecule has 2 rings (SSSR count). The number of rotatable bonds is 1. The third-order valence-corrected chi connectivity index (χ3v) is 3.71. The van der Waals surface area contributed by atoms with E-state index in [4.69, 9.17) is 4.74 Å². The van der Waals surface area contributed by atoms with Gasteiger partial charge < -0.3 is 19.5 Å². The second-order valence-electron chi connectivity index (χ2n) is 6.20. The quantitative estimate of drug-likeness (QED) is 0.718. The summed E-state index contributed by atoms with van der Waals surface area (Å²) in [5, 5.41) is 9.87. The van der Waals surface area contributed by atoms with Crippen molar-refractivity contribution in [1.82, 2.24) is 4.90 Å². The number of aliphatic hydroxyl groups excluding tert-OH is 1. The van der Waals surface area contributed by atoms with Gasteiger partial charge in [-0.25, -0.2) is 4.79 Å². The first-order valence-corrected chi connectivity index (χ1v) is 6.48. The SMILES string of the molecule is CC(C)(C)OC(=O)N1C2CCC1C(C=O)C(O)C2. The zero-order valence-electron chi connectivity index (χ0n) is 11.1. The molecular weight excluding hydrogens is 234 g/mol. The van der Waals surface area contributed by atoms with Crippen LogP contribution in [0.4, 0.5) is 4.79 Å². The minimum atomic E-state index is -0.626. The number of fused-ring (bicyclic) bond motifs is 2. The van der Waals surface area contributed by atoms with Crippen LogP contribution in [0.2, 0.25) is 0 Å². The molecule has 2 aliphatic heterocycles. The van der Waals surface area contributed by atoms with E-state index in [1.165, 1.54) is 0 Å². The molecule has 5 nitrogen and oxygen atoms in total. The maximum Gasteiger partial charge on any atom is 0.410 e. The molecule has 2 saturated heterocycles. The molecule has 102 valence electrons. The van der Waals surface area contributed by atoms with Crippen LogP contribution in [0.1, 0.15) is 40.0 Å². The van der Waals surface area contributed by atoms with Crippen molar-refractivity contribution in [3.05, 3.63) is 0 Å². The van der Waals surface area contributed by atoms with E-state index in [0.717, 1.165) is 19.1 Å². The Morgan fingerprint density at radius 3 is 2.61 bits per heavy atom. The van der Waals surface area contributed by atoms with Crippen LogP contribution in [-0.2, 0) is 9.53 Å². The topological polar surface area (TPSA) is 66.8 Å². The lowest BCUT2D eigenvalue weighted by Gasteiger charge is -2.41. The Balaban J connectivity index is 2.14. The van der Waals surface area contributed by atoms with Crippen LogP contribution in [0.3, 0.4) is 0 Å². The number of carbonyl (C=O) groups excluding carboxylic acids is 2. The second-order valence-corrected chi connectivity index (χ2v) is 6.20. The van der Waals surface area contributed by atoms with Gasteiger partial charge in [-0.3, -0.25) is 0 Å². The Kier molecular flexibility index (Phi) is 3.36. The van der Waals surface area contributed by atoms with Crippen LogP contribution in [0, 0.1) is 5.92 Å². The van der Waals surface area contributed by atoms with Crippen LogP contribution in [-0.4, -0.2) is 46.2 Å². The lowest BCUT2D eigenvalue weighted by atomic mass is 9.89. The number of carbonyl (C=O) groups is 2. The van der Waals surface area contributed by atoms with Gasteiger partial charge in [0.15, 0.2) is 0 Å². The van der Waals surface area contributed by atoms with Gasteiger partial charge in [-0.05, 0) is 40.0 Å². The fraction of sp³-hybridized carbons (Fsp3) is 0.846. The molecule has 4 unspecified atom stereocenters. The molecule has 4 atom stereocenters. The minimum Gasteiger partial charge on any atom is -0.444 e. The summed E-state index contributed by atoms with van der Waals surface area (Å²) in [5.41, 5.74) is -0.538. The Morgan fingerprint density at radius 2 is 2.06 bits per heavy atom. The average molecular weight is 255 g/mol. The first-order chi connectivity index (χ1) is 8.33. The highest BCUT2D eigenvalue weighted by Crippen LogP contribution is 2.39. The standard InChI is InChI=1S/C13H21NO4/c1-13(2,3)18-12(17)14-8-4-5-10(14)9(7-15)11(16)6-8/h7-11,16H,4-6H2,1-3H3. The highest BCUT2D eigenvalue weighted by atomic mass is 16.6. The van der Waals surface area contributed by atoms with E-state index in [9.17, 15) is 14.7 Å². The first kappa shape index (κ1) is 13.3. The smallest absolute Gasteiger partial charge is 0.410 e. The van der Waals surface area contributed by atoms with Crippen molar-refractivity contribution in [1.29, 1.82) is 0 Å². The zero-order valence-corrected chi connectivity index (χ0v) is 11.1. The fourth-order valence-corrected chi connectivity index (χ4v) is 2.99. The summed E-state index contributed by atoms with van der Waals surface area (Å²) in [4.78, 5) is 24.9. The zero-order chi connectivity index (χ0) is 13.5. The summed E-state index contributed by atoms with van der Waals surface area (Å²) in [6.07, 6.45) is 1.86. The molecule has 1 N–H and O–H groups in total. The largest absolute Gasteiger partial charge is 0.444 e. The molecule has 0 spiro atoms. The van der Waals surface area contributed by atoms with E-state index in [1.54, 1.807) is 4.90 Å². The summed E-state index contributed by atoms with van der Waals surface area (Å²) in [5.74, 6) is -0.476. The number of aliphatic hydroxyl groups is 1. The Hall–Kier alpha value is -1.10. The molecule has 18 heavy (non-hydrogen) atoms. The molecule has 0 aliphatic carbocycles. The van der Waals surface area contributed by atoms with Gasteiger partial charge in [0.2, 0.25) is 0 Å². The first-order valence-electron chi connectivity index (χ1n) is 6.48. The summed E-state index contributed by atoms with van der Waals surface area (Å²) in [6, 6.07) is -0.192. The summed E-state index contributed by atoms with van der Waals surface area (Å²) in [6.45, 7) is 5.47. The molecule has 5 heteroatoms. The molecule has 0 saturated carbocycles. The number of hydrogen-bond acceptors (Lipinski definition) is 4. The van der Waals surface area contributed by atoms with E-state index in [2.05, 4.69) is 0 Å². The molecule has 0 aromatic carbocycles. The van der Waals surface area contributed by atoms with Crippen LogP contribution in [0.25, 0.3) is 0 Å². The normalized spacial score (nSPS) is 35.4. The average Bonchev–Trinajstić information content (AvgIpc) is 2.53. The minimum absolute atomic E-state index is 0.0102. The van der Waals surface area contributed by atoms with Gasteiger partial charge in [-0.2, -0.15) is 0 Å². The molecule has 2 aliphatic rings. The number of ether oxygens (including phenoxy) is 1.